The molecule has 6 heteroatoms. The highest BCUT2D eigenvalue weighted by Gasteiger charge is 2.32. The van der Waals surface area contributed by atoms with Gasteiger partial charge in [0.15, 0.2) is 6.61 Å². The summed E-state index contributed by atoms with van der Waals surface area (Å²) in [6.07, 6.45) is 0. The number of rotatable bonds is 5. The summed E-state index contributed by atoms with van der Waals surface area (Å²) in [5.41, 5.74) is 7.64. The Bertz CT molecular complexity index is 1020. The zero-order chi connectivity index (χ0) is 20.2. The van der Waals surface area contributed by atoms with Gasteiger partial charge in [0.05, 0.1) is 11.7 Å². The first-order valence-corrected chi connectivity index (χ1v) is 10.2. The van der Waals surface area contributed by atoms with Crippen LogP contribution in [0.2, 0.25) is 0 Å². The molecule has 2 amide bonds. The molecule has 3 aromatic carbocycles. The first-order chi connectivity index (χ1) is 14.1. The molecular weight excluding hydrogens is 384 g/mol. The Morgan fingerprint density at radius 3 is 2.38 bits per heavy atom. The number of benzene rings is 3. The number of primary amides is 1. The molecule has 4 rings (SSSR count). The van der Waals surface area contributed by atoms with Gasteiger partial charge in [0, 0.05) is 16.2 Å². The molecule has 1 aliphatic rings. The highest BCUT2D eigenvalue weighted by molar-refractivity contribution is 7.99. The average Bonchev–Trinajstić information content (AvgIpc) is 2.77. The van der Waals surface area contributed by atoms with Crippen molar-refractivity contribution >= 4 is 29.3 Å². The van der Waals surface area contributed by atoms with Gasteiger partial charge in [-0.1, -0.05) is 42.5 Å². The highest BCUT2D eigenvalue weighted by Crippen LogP contribution is 2.43. The van der Waals surface area contributed by atoms with Crippen LogP contribution in [0.25, 0.3) is 0 Å². The second kappa shape index (κ2) is 8.41. The van der Waals surface area contributed by atoms with Crippen LogP contribution in [-0.4, -0.2) is 24.2 Å². The molecule has 1 aliphatic heterocycles. The molecule has 0 spiro atoms. The molecule has 0 saturated heterocycles. The van der Waals surface area contributed by atoms with Crippen LogP contribution in [0.5, 0.6) is 5.75 Å². The maximum absolute atomic E-state index is 13.2. The van der Waals surface area contributed by atoms with Crippen molar-refractivity contribution in [2.75, 3.05) is 17.3 Å². The largest absolute Gasteiger partial charge is 0.484 e. The number of carbonyl (C=O) groups is 2. The van der Waals surface area contributed by atoms with Gasteiger partial charge in [-0.25, -0.2) is 0 Å². The molecular formula is C23H20N2O3S. The van der Waals surface area contributed by atoms with Crippen LogP contribution in [0.4, 0.5) is 5.69 Å². The van der Waals surface area contributed by atoms with E-state index >= 15 is 0 Å². The minimum Gasteiger partial charge on any atom is -0.484 e. The molecule has 3 aromatic rings. The van der Waals surface area contributed by atoms with E-state index in [0.717, 1.165) is 21.9 Å². The van der Waals surface area contributed by atoms with E-state index in [1.807, 2.05) is 59.5 Å². The maximum atomic E-state index is 13.2. The topological polar surface area (TPSA) is 72.6 Å². The number of nitrogens with zero attached hydrogens (tertiary/aromatic N) is 1. The zero-order valence-electron chi connectivity index (χ0n) is 15.7. The van der Waals surface area contributed by atoms with Crippen LogP contribution >= 0.6 is 11.8 Å². The molecule has 0 bridgehead atoms. The minimum absolute atomic E-state index is 0.0653. The summed E-state index contributed by atoms with van der Waals surface area (Å²) in [5.74, 6) is 0.672. The standard InChI is InChI=1S/C23H20N2O3S/c24-23(27)17-10-12-18(13-11-17)28-14-22(26)25-19-8-4-5-9-21(19)29-15-20(25)16-6-2-1-3-7-16/h1-13,20H,14-15H2,(H2,24,27)/t20-/m0/s1. The van der Waals surface area contributed by atoms with E-state index < -0.39 is 5.91 Å². The molecule has 1 atom stereocenters. The fourth-order valence-corrected chi connectivity index (χ4v) is 4.52. The fourth-order valence-electron chi connectivity index (χ4n) is 3.35. The van der Waals surface area contributed by atoms with Crippen LogP contribution in [0.1, 0.15) is 22.0 Å². The number of nitrogens with two attached hydrogens (primary N) is 1. The van der Waals surface area contributed by atoms with Crippen LogP contribution in [0.3, 0.4) is 0 Å². The number of carbonyl (C=O) groups excluding carboxylic acids is 2. The fraction of sp³-hybridized carbons (Fsp3) is 0.130. The zero-order valence-corrected chi connectivity index (χ0v) is 16.5. The van der Waals surface area contributed by atoms with Crippen molar-refractivity contribution in [3.8, 4) is 5.75 Å². The van der Waals surface area contributed by atoms with Gasteiger partial charge in [-0.05, 0) is 42.0 Å². The van der Waals surface area contributed by atoms with Gasteiger partial charge >= 0.3 is 0 Å². The van der Waals surface area contributed by atoms with Crippen molar-refractivity contribution in [3.05, 3.63) is 90.0 Å². The molecule has 1 heterocycles. The molecule has 0 saturated carbocycles. The predicted octanol–water partition coefficient (Wildman–Crippen LogP) is 4.04. The minimum atomic E-state index is -0.499. The van der Waals surface area contributed by atoms with Crippen molar-refractivity contribution in [3.63, 3.8) is 0 Å². The monoisotopic (exact) mass is 404 g/mol. The number of fused-ring (bicyclic) bond motifs is 1. The van der Waals surface area contributed by atoms with E-state index in [9.17, 15) is 9.59 Å². The Labute approximate surface area is 173 Å². The van der Waals surface area contributed by atoms with Crippen molar-refractivity contribution in [1.29, 1.82) is 0 Å². The number of para-hydroxylation sites is 1. The van der Waals surface area contributed by atoms with E-state index in [1.165, 1.54) is 0 Å². The number of ether oxygens (including phenoxy) is 1. The second-order valence-corrected chi connectivity index (χ2v) is 7.71. The van der Waals surface area contributed by atoms with Gasteiger partial charge in [0.2, 0.25) is 5.91 Å². The summed E-state index contributed by atoms with van der Waals surface area (Å²) >= 11 is 1.75. The first-order valence-electron chi connectivity index (χ1n) is 9.25. The van der Waals surface area contributed by atoms with E-state index in [-0.39, 0.29) is 18.6 Å². The number of amides is 2. The SMILES string of the molecule is NC(=O)c1ccc(OCC(=O)N2c3ccccc3SC[C@H]2c2ccccc2)cc1. The third-order valence-corrected chi connectivity index (χ3v) is 5.93. The molecule has 0 unspecified atom stereocenters. The van der Waals surface area contributed by atoms with Gasteiger partial charge in [0.1, 0.15) is 5.75 Å². The summed E-state index contributed by atoms with van der Waals surface area (Å²) < 4.78 is 5.70. The Balaban J connectivity index is 1.57. The lowest BCUT2D eigenvalue weighted by Crippen LogP contribution is -2.41. The Kier molecular flexibility index (Phi) is 5.53. The third kappa shape index (κ3) is 4.12. The van der Waals surface area contributed by atoms with Crippen molar-refractivity contribution in [2.24, 2.45) is 5.73 Å². The number of thioether (sulfide) groups is 1. The lowest BCUT2D eigenvalue weighted by atomic mass is 10.1. The molecule has 0 aromatic heterocycles. The van der Waals surface area contributed by atoms with Crippen molar-refractivity contribution in [1.82, 2.24) is 0 Å². The number of hydrogen-bond donors (Lipinski definition) is 1. The molecule has 0 radical (unpaired) electrons. The molecule has 2 N–H and O–H groups in total. The average molecular weight is 404 g/mol. The van der Waals surface area contributed by atoms with Gasteiger partial charge in [-0.3, -0.25) is 14.5 Å². The smallest absolute Gasteiger partial charge is 0.265 e. The third-order valence-electron chi connectivity index (χ3n) is 4.79. The van der Waals surface area contributed by atoms with Crippen LogP contribution in [-0.2, 0) is 4.79 Å². The summed E-state index contributed by atoms with van der Waals surface area (Å²) in [5, 5.41) is 0. The van der Waals surface area contributed by atoms with E-state index in [0.29, 0.717) is 11.3 Å². The van der Waals surface area contributed by atoms with Crippen LogP contribution in [0, 0.1) is 0 Å². The summed E-state index contributed by atoms with van der Waals surface area (Å²) in [6.45, 7) is -0.0990. The van der Waals surface area contributed by atoms with E-state index in [2.05, 4.69) is 0 Å². The predicted molar refractivity (Wildman–Crippen MR) is 114 cm³/mol. The number of anilines is 1. The Morgan fingerprint density at radius 2 is 1.66 bits per heavy atom. The Morgan fingerprint density at radius 1 is 0.966 bits per heavy atom. The first kappa shape index (κ1) is 19.1. The molecule has 146 valence electrons. The summed E-state index contributed by atoms with van der Waals surface area (Å²) in [4.78, 5) is 27.3. The van der Waals surface area contributed by atoms with Gasteiger partial charge in [-0.15, -0.1) is 11.8 Å². The molecule has 0 aliphatic carbocycles. The normalized spacial score (nSPS) is 15.4. The second-order valence-electron chi connectivity index (χ2n) is 6.65. The highest BCUT2D eigenvalue weighted by atomic mass is 32.2. The summed E-state index contributed by atoms with van der Waals surface area (Å²) in [6, 6.07) is 24.3. The van der Waals surface area contributed by atoms with Gasteiger partial charge in [0.25, 0.3) is 5.91 Å². The van der Waals surface area contributed by atoms with Crippen LogP contribution in [0.15, 0.2) is 83.8 Å². The van der Waals surface area contributed by atoms with Gasteiger partial charge in [-0.2, -0.15) is 0 Å². The summed E-state index contributed by atoms with van der Waals surface area (Å²) in [7, 11) is 0. The van der Waals surface area contributed by atoms with Gasteiger partial charge < -0.3 is 10.5 Å². The molecule has 5 nitrogen and oxygen atoms in total. The van der Waals surface area contributed by atoms with E-state index in [1.54, 1.807) is 36.0 Å². The number of hydrogen-bond acceptors (Lipinski definition) is 4. The molecule has 29 heavy (non-hydrogen) atoms. The lowest BCUT2D eigenvalue weighted by molar-refractivity contribution is -0.121. The maximum Gasteiger partial charge on any atom is 0.265 e. The van der Waals surface area contributed by atoms with E-state index in [4.69, 9.17) is 10.5 Å². The van der Waals surface area contributed by atoms with Crippen molar-refractivity contribution < 1.29 is 14.3 Å². The lowest BCUT2D eigenvalue weighted by Gasteiger charge is -2.37. The van der Waals surface area contributed by atoms with Crippen LogP contribution < -0.4 is 15.4 Å². The van der Waals surface area contributed by atoms with Crippen molar-refractivity contribution in [2.45, 2.75) is 10.9 Å². The quantitative estimate of drug-likeness (QED) is 0.696. The molecule has 0 fully saturated rings. The Hall–Kier alpha value is -3.25.